The van der Waals surface area contributed by atoms with E-state index in [0.717, 1.165) is 18.5 Å². The van der Waals surface area contributed by atoms with Crippen LogP contribution in [0.15, 0.2) is 24.3 Å². The molecule has 2 fully saturated rings. The van der Waals surface area contributed by atoms with Gasteiger partial charge in [0, 0.05) is 30.5 Å². The van der Waals surface area contributed by atoms with Crippen molar-refractivity contribution in [1.82, 2.24) is 5.32 Å². The predicted molar refractivity (Wildman–Crippen MR) is 101 cm³/mol. The van der Waals surface area contributed by atoms with Crippen LogP contribution in [0.4, 0.5) is 11.4 Å². The van der Waals surface area contributed by atoms with Crippen molar-refractivity contribution < 1.29 is 14.3 Å². The first-order valence-corrected chi connectivity index (χ1v) is 9.42. The Morgan fingerprint density at radius 3 is 2.62 bits per heavy atom. The maximum absolute atomic E-state index is 12.5. The molecular weight excluding hydrogens is 332 g/mol. The van der Waals surface area contributed by atoms with E-state index < -0.39 is 6.04 Å². The number of hydrogen-bond acceptors (Lipinski definition) is 5. The van der Waals surface area contributed by atoms with E-state index in [1.165, 1.54) is 19.3 Å². The van der Waals surface area contributed by atoms with Gasteiger partial charge in [-0.3, -0.25) is 9.59 Å². The first-order valence-electron chi connectivity index (χ1n) is 9.42. The number of hydrogen-bond donors (Lipinski definition) is 3. The zero-order valence-electron chi connectivity index (χ0n) is 15.1. The van der Waals surface area contributed by atoms with Gasteiger partial charge in [-0.25, -0.2) is 0 Å². The molecule has 1 aliphatic carbocycles. The number of ether oxygens (including phenoxy) is 1. The van der Waals surface area contributed by atoms with E-state index in [4.69, 9.17) is 10.5 Å². The van der Waals surface area contributed by atoms with Crippen molar-refractivity contribution in [3.05, 3.63) is 24.3 Å². The van der Waals surface area contributed by atoms with E-state index in [1.807, 2.05) is 24.3 Å². The zero-order chi connectivity index (χ0) is 18.4. The lowest BCUT2D eigenvalue weighted by Crippen LogP contribution is -2.50. The Morgan fingerprint density at radius 1 is 1.23 bits per heavy atom. The number of morpholine rings is 1. The molecule has 1 heterocycles. The van der Waals surface area contributed by atoms with Crippen LogP contribution < -0.4 is 21.3 Å². The molecule has 3 rings (SSSR count). The number of carbonyl (C=O) groups excluding carboxylic acids is 2. The molecular formula is C19H28N4O3. The Kier molecular flexibility index (Phi) is 6.60. The summed E-state index contributed by atoms with van der Waals surface area (Å²) in [6, 6.07) is 7.28. The number of carbonyl (C=O) groups is 2. The molecule has 0 spiro atoms. The smallest absolute Gasteiger partial charge is 0.253 e. The first kappa shape index (κ1) is 18.8. The topological polar surface area (TPSA) is 96.7 Å². The highest BCUT2D eigenvalue weighted by molar-refractivity contribution is 5.97. The standard InChI is InChI=1S/C19H28N4O3/c20-12-17(21-14-4-2-1-3-5-14)19(25)22-15-6-8-16(9-7-15)23-10-11-26-13-18(23)24/h6-9,14,17,21H,1-5,10-13,20H2,(H,22,25)/t17-/m0/s1. The SMILES string of the molecule is NC[C@H](NC1CCCCC1)C(=O)Nc1ccc(N2CCOCC2=O)cc1. The molecule has 7 nitrogen and oxygen atoms in total. The Morgan fingerprint density at radius 2 is 1.96 bits per heavy atom. The van der Waals surface area contributed by atoms with Gasteiger partial charge in [-0.15, -0.1) is 0 Å². The van der Waals surface area contributed by atoms with Crippen LogP contribution >= 0.6 is 0 Å². The van der Waals surface area contributed by atoms with Crippen molar-refractivity contribution in [2.75, 3.05) is 36.5 Å². The van der Waals surface area contributed by atoms with Gasteiger partial charge in [0.2, 0.25) is 5.91 Å². The number of nitrogens with two attached hydrogens (primary N) is 1. The summed E-state index contributed by atoms with van der Waals surface area (Å²) >= 11 is 0. The van der Waals surface area contributed by atoms with Crippen molar-refractivity contribution in [2.24, 2.45) is 5.73 Å². The number of rotatable bonds is 6. The fraction of sp³-hybridized carbons (Fsp3) is 0.579. The predicted octanol–water partition coefficient (Wildman–Crippen LogP) is 1.24. The number of anilines is 2. The second kappa shape index (κ2) is 9.12. The molecule has 1 aliphatic heterocycles. The average Bonchev–Trinajstić information content (AvgIpc) is 2.68. The summed E-state index contributed by atoms with van der Waals surface area (Å²) in [5.41, 5.74) is 7.31. The normalized spacial score (nSPS) is 20.0. The molecule has 1 saturated carbocycles. The van der Waals surface area contributed by atoms with Gasteiger partial charge in [0.05, 0.1) is 12.6 Å². The Hall–Kier alpha value is -1.96. The van der Waals surface area contributed by atoms with Crippen LogP contribution in [0.3, 0.4) is 0 Å². The number of benzene rings is 1. The van der Waals surface area contributed by atoms with Gasteiger partial charge in [0.15, 0.2) is 0 Å². The summed E-state index contributed by atoms with van der Waals surface area (Å²) < 4.78 is 5.14. The van der Waals surface area contributed by atoms with E-state index in [9.17, 15) is 9.59 Å². The fourth-order valence-corrected chi connectivity index (χ4v) is 3.55. The lowest BCUT2D eigenvalue weighted by molar-refractivity contribution is -0.125. The third kappa shape index (κ3) is 4.81. The van der Waals surface area contributed by atoms with Crippen LogP contribution in [0.2, 0.25) is 0 Å². The molecule has 7 heteroatoms. The van der Waals surface area contributed by atoms with Crippen molar-refractivity contribution in [3.63, 3.8) is 0 Å². The van der Waals surface area contributed by atoms with Gasteiger partial charge in [-0.2, -0.15) is 0 Å². The van der Waals surface area contributed by atoms with Gasteiger partial charge in [0.1, 0.15) is 6.61 Å². The highest BCUT2D eigenvalue weighted by atomic mass is 16.5. The monoisotopic (exact) mass is 360 g/mol. The summed E-state index contributed by atoms with van der Waals surface area (Å²) in [7, 11) is 0. The van der Waals surface area contributed by atoms with Crippen LogP contribution in [-0.4, -0.2) is 50.2 Å². The maximum Gasteiger partial charge on any atom is 0.253 e. The first-order chi connectivity index (χ1) is 12.7. The number of amides is 2. The molecule has 2 amide bonds. The molecule has 1 atom stereocenters. The van der Waals surface area contributed by atoms with Crippen LogP contribution in [0.25, 0.3) is 0 Å². The van der Waals surface area contributed by atoms with Crippen molar-refractivity contribution in [1.29, 1.82) is 0 Å². The Labute approximate surface area is 154 Å². The molecule has 0 unspecified atom stereocenters. The highest BCUT2D eigenvalue weighted by Gasteiger charge is 2.23. The minimum Gasteiger partial charge on any atom is -0.370 e. The molecule has 1 saturated heterocycles. The molecule has 1 aromatic rings. The van der Waals surface area contributed by atoms with Gasteiger partial charge >= 0.3 is 0 Å². The van der Waals surface area contributed by atoms with Crippen LogP contribution in [0.5, 0.6) is 0 Å². The van der Waals surface area contributed by atoms with Gasteiger partial charge in [-0.05, 0) is 37.1 Å². The third-order valence-electron chi connectivity index (χ3n) is 5.03. The van der Waals surface area contributed by atoms with Crippen LogP contribution in [-0.2, 0) is 14.3 Å². The van der Waals surface area contributed by atoms with Gasteiger partial charge in [0.25, 0.3) is 5.91 Å². The van der Waals surface area contributed by atoms with E-state index >= 15 is 0 Å². The molecule has 0 radical (unpaired) electrons. The van der Waals surface area contributed by atoms with Gasteiger partial charge < -0.3 is 26.0 Å². The summed E-state index contributed by atoms with van der Waals surface area (Å²) in [4.78, 5) is 26.1. The van der Waals surface area contributed by atoms with E-state index in [-0.39, 0.29) is 25.0 Å². The maximum atomic E-state index is 12.5. The van der Waals surface area contributed by atoms with E-state index in [0.29, 0.717) is 24.9 Å². The molecule has 142 valence electrons. The van der Waals surface area contributed by atoms with E-state index in [2.05, 4.69) is 10.6 Å². The summed E-state index contributed by atoms with van der Waals surface area (Å²) in [6.07, 6.45) is 5.89. The molecule has 1 aromatic carbocycles. The highest BCUT2D eigenvalue weighted by Crippen LogP contribution is 2.20. The summed E-state index contributed by atoms with van der Waals surface area (Å²) in [6.45, 7) is 1.46. The van der Waals surface area contributed by atoms with Crippen molar-refractivity contribution in [3.8, 4) is 0 Å². The molecule has 0 aromatic heterocycles. The molecule has 4 N–H and O–H groups in total. The van der Waals surface area contributed by atoms with Crippen molar-refractivity contribution in [2.45, 2.75) is 44.2 Å². The summed E-state index contributed by atoms with van der Waals surface area (Å²) in [5, 5.41) is 6.30. The lowest BCUT2D eigenvalue weighted by atomic mass is 9.95. The average molecular weight is 360 g/mol. The second-order valence-electron chi connectivity index (χ2n) is 6.92. The number of nitrogens with zero attached hydrogens (tertiary/aromatic N) is 1. The quantitative estimate of drug-likeness (QED) is 0.709. The zero-order valence-corrected chi connectivity index (χ0v) is 15.1. The summed E-state index contributed by atoms with van der Waals surface area (Å²) in [5.74, 6) is -0.166. The lowest BCUT2D eigenvalue weighted by Gasteiger charge is -2.28. The largest absolute Gasteiger partial charge is 0.370 e. The minimum absolute atomic E-state index is 0.0482. The third-order valence-corrected chi connectivity index (χ3v) is 5.03. The Bertz CT molecular complexity index is 614. The molecule has 26 heavy (non-hydrogen) atoms. The Balaban J connectivity index is 1.56. The van der Waals surface area contributed by atoms with E-state index in [1.54, 1.807) is 4.90 Å². The van der Waals surface area contributed by atoms with Gasteiger partial charge in [-0.1, -0.05) is 19.3 Å². The second-order valence-corrected chi connectivity index (χ2v) is 6.92. The fourth-order valence-electron chi connectivity index (χ4n) is 3.55. The number of nitrogens with one attached hydrogen (secondary N) is 2. The van der Waals surface area contributed by atoms with Crippen molar-refractivity contribution >= 4 is 23.2 Å². The molecule has 2 aliphatic rings. The van der Waals surface area contributed by atoms with Crippen LogP contribution in [0, 0.1) is 0 Å². The minimum atomic E-state index is -0.390. The molecule has 0 bridgehead atoms. The van der Waals surface area contributed by atoms with Crippen LogP contribution in [0.1, 0.15) is 32.1 Å².